The van der Waals surface area contributed by atoms with Gasteiger partial charge in [-0.05, 0) is 15.9 Å². The van der Waals surface area contributed by atoms with Crippen LogP contribution in [0.5, 0.6) is 5.75 Å². The van der Waals surface area contributed by atoms with Crippen LogP contribution in [0, 0.1) is 11.3 Å². The summed E-state index contributed by atoms with van der Waals surface area (Å²) in [6, 6.07) is 1.75. The Morgan fingerprint density at radius 1 is 1.67 bits per heavy atom. The number of alkyl halides is 2. The van der Waals surface area contributed by atoms with Crippen molar-refractivity contribution in [1.29, 1.82) is 5.26 Å². The van der Waals surface area contributed by atoms with E-state index in [-0.39, 0.29) is 10.6 Å². The molecule has 0 aliphatic carbocycles. The molecular formula is C6H2BrF2NOS. The number of thiophene rings is 1. The second kappa shape index (κ2) is 3.83. The molecule has 0 bridgehead atoms. The van der Waals surface area contributed by atoms with Crippen LogP contribution in [0.4, 0.5) is 8.78 Å². The fourth-order valence-corrected chi connectivity index (χ4v) is 1.95. The van der Waals surface area contributed by atoms with Gasteiger partial charge in [0.25, 0.3) is 0 Å². The van der Waals surface area contributed by atoms with Crippen molar-refractivity contribution in [2.75, 3.05) is 0 Å². The summed E-state index contributed by atoms with van der Waals surface area (Å²) in [7, 11) is 0. The zero-order valence-electron chi connectivity index (χ0n) is 5.55. The highest BCUT2D eigenvalue weighted by atomic mass is 79.9. The van der Waals surface area contributed by atoms with Crippen molar-refractivity contribution in [1.82, 2.24) is 0 Å². The molecule has 1 heterocycles. The lowest BCUT2D eigenvalue weighted by molar-refractivity contribution is -0.0502. The van der Waals surface area contributed by atoms with Gasteiger partial charge in [-0.1, -0.05) is 0 Å². The molecular weight excluding hydrogens is 252 g/mol. The first-order valence-corrected chi connectivity index (χ1v) is 4.44. The van der Waals surface area contributed by atoms with Crippen molar-refractivity contribution >= 4 is 27.3 Å². The van der Waals surface area contributed by atoms with E-state index in [1.807, 2.05) is 0 Å². The maximum atomic E-state index is 11.7. The summed E-state index contributed by atoms with van der Waals surface area (Å²) >= 11 is 4.04. The molecule has 0 radical (unpaired) electrons. The first-order valence-electron chi connectivity index (χ1n) is 2.77. The molecule has 0 saturated heterocycles. The average Bonchev–Trinajstić information content (AvgIpc) is 2.32. The highest BCUT2D eigenvalue weighted by molar-refractivity contribution is 9.10. The van der Waals surface area contributed by atoms with Gasteiger partial charge in [0.2, 0.25) is 0 Å². The molecule has 64 valence electrons. The molecule has 0 atom stereocenters. The second-order valence-electron chi connectivity index (χ2n) is 1.73. The van der Waals surface area contributed by atoms with Gasteiger partial charge in [0.05, 0.1) is 4.47 Å². The summed E-state index contributed by atoms with van der Waals surface area (Å²) in [5, 5.41) is 9.98. The zero-order chi connectivity index (χ0) is 9.14. The molecule has 0 amide bonds. The largest absolute Gasteiger partial charge is 0.431 e. The fourth-order valence-electron chi connectivity index (χ4n) is 0.602. The van der Waals surface area contributed by atoms with Crippen molar-refractivity contribution < 1.29 is 13.5 Å². The Hall–Kier alpha value is -0.670. The van der Waals surface area contributed by atoms with Crippen molar-refractivity contribution in [2.45, 2.75) is 6.61 Å². The molecule has 0 spiro atoms. The number of rotatable bonds is 2. The Morgan fingerprint density at radius 2 is 2.33 bits per heavy atom. The minimum Gasteiger partial charge on any atom is -0.431 e. The standard InChI is InChI=1S/C6H2BrF2NOS/c7-3-2-12-4(1-10)5(3)11-6(8)9/h2,6H. The first kappa shape index (κ1) is 9.42. The van der Waals surface area contributed by atoms with Gasteiger partial charge in [-0.3, -0.25) is 0 Å². The zero-order valence-corrected chi connectivity index (χ0v) is 7.95. The smallest absolute Gasteiger partial charge is 0.387 e. The van der Waals surface area contributed by atoms with Gasteiger partial charge in [-0.15, -0.1) is 11.3 Å². The van der Waals surface area contributed by atoms with E-state index in [4.69, 9.17) is 5.26 Å². The highest BCUT2D eigenvalue weighted by Gasteiger charge is 2.14. The van der Waals surface area contributed by atoms with E-state index in [0.29, 0.717) is 4.47 Å². The Balaban J connectivity index is 2.96. The third-order valence-corrected chi connectivity index (χ3v) is 2.77. The summed E-state index contributed by atoms with van der Waals surface area (Å²) in [5.74, 6) is -0.0856. The fraction of sp³-hybridized carbons (Fsp3) is 0.167. The van der Waals surface area contributed by atoms with Crippen LogP contribution < -0.4 is 4.74 Å². The molecule has 12 heavy (non-hydrogen) atoms. The molecule has 0 aliphatic rings. The molecule has 6 heteroatoms. The molecule has 0 N–H and O–H groups in total. The van der Waals surface area contributed by atoms with E-state index in [2.05, 4.69) is 20.7 Å². The van der Waals surface area contributed by atoms with Crippen LogP contribution in [-0.4, -0.2) is 6.61 Å². The van der Waals surface area contributed by atoms with Crippen LogP contribution in [0.2, 0.25) is 0 Å². The van der Waals surface area contributed by atoms with Crippen LogP contribution in [0.15, 0.2) is 9.85 Å². The normalized spacial score (nSPS) is 9.92. The summed E-state index contributed by atoms with van der Waals surface area (Å²) in [6.07, 6.45) is 0. The van der Waals surface area contributed by atoms with Gasteiger partial charge in [-0.2, -0.15) is 14.0 Å². The molecule has 2 nitrogen and oxygen atoms in total. The predicted octanol–water partition coefficient (Wildman–Crippen LogP) is 2.98. The van der Waals surface area contributed by atoms with E-state index in [1.165, 1.54) is 5.38 Å². The maximum absolute atomic E-state index is 11.7. The van der Waals surface area contributed by atoms with E-state index in [9.17, 15) is 8.78 Å². The van der Waals surface area contributed by atoms with Crippen LogP contribution >= 0.6 is 27.3 Å². The topological polar surface area (TPSA) is 33.0 Å². The molecule has 0 unspecified atom stereocenters. The molecule has 0 aromatic carbocycles. The third kappa shape index (κ3) is 1.93. The third-order valence-electron chi connectivity index (χ3n) is 1.01. The number of ether oxygens (including phenoxy) is 1. The van der Waals surface area contributed by atoms with Crippen LogP contribution in [0.25, 0.3) is 0 Å². The number of hydrogen-bond acceptors (Lipinski definition) is 3. The van der Waals surface area contributed by atoms with Gasteiger partial charge < -0.3 is 4.74 Å². The number of halogens is 3. The maximum Gasteiger partial charge on any atom is 0.387 e. The van der Waals surface area contributed by atoms with Crippen LogP contribution in [0.3, 0.4) is 0 Å². The lowest BCUT2D eigenvalue weighted by Gasteiger charge is -2.01. The molecule has 0 aliphatic heterocycles. The Bertz CT molecular complexity index is 320. The van der Waals surface area contributed by atoms with Crippen molar-refractivity contribution in [2.24, 2.45) is 0 Å². The molecule has 1 aromatic rings. The van der Waals surface area contributed by atoms with Crippen molar-refractivity contribution in [3.63, 3.8) is 0 Å². The van der Waals surface area contributed by atoms with Gasteiger partial charge in [0.1, 0.15) is 10.9 Å². The average molecular weight is 254 g/mol. The van der Waals surface area contributed by atoms with E-state index < -0.39 is 6.61 Å². The Labute approximate surface area is 79.5 Å². The minimum atomic E-state index is -2.90. The second-order valence-corrected chi connectivity index (χ2v) is 3.47. The van der Waals surface area contributed by atoms with E-state index in [0.717, 1.165) is 11.3 Å². The number of nitriles is 1. The van der Waals surface area contributed by atoms with Gasteiger partial charge >= 0.3 is 6.61 Å². The molecule has 0 fully saturated rings. The first-order chi connectivity index (χ1) is 5.65. The van der Waals surface area contributed by atoms with Crippen molar-refractivity contribution in [3.8, 4) is 11.8 Å². The minimum absolute atomic E-state index is 0.0856. The highest BCUT2D eigenvalue weighted by Crippen LogP contribution is 2.35. The van der Waals surface area contributed by atoms with Crippen LogP contribution in [0.1, 0.15) is 4.88 Å². The SMILES string of the molecule is N#Cc1scc(Br)c1OC(F)F. The van der Waals surface area contributed by atoms with Gasteiger partial charge in [0, 0.05) is 5.38 Å². The van der Waals surface area contributed by atoms with Crippen LogP contribution in [-0.2, 0) is 0 Å². The summed E-state index contributed by atoms with van der Waals surface area (Å²) in [4.78, 5) is 0.141. The van der Waals surface area contributed by atoms with Gasteiger partial charge in [-0.25, -0.2) is 0 Å². The summed E-state index contributed by atoms with van der Waals surface area (Å²) in [5.41, 5.74) is 0. The van der Waals surface area contributed by atoms with Crippen molar-refractivity contribution in [3.05, 3.63) is 14.7 Å². The lowest BCUT2D eigenvalue weighted by atomic mass is 10.4. The van der Waals surface area contributed by atoms with E-state index >= 15 is 0 Å². The predicted molar refractivity (Wildman–Crippen MR) is 43.4 cm³/mol. The molecule has 1 rings (SSSR count). The summed E-state index contributed by atoms with van der Waals surface area (Å²) in [6.45, 7) is -2.90. The Morgan fingerprint density at radius 3 is 2.83 bits per heavy atom. The monoisotopic (exact) mass is 253 g/mol. The van der Waals surface area contributed by atoms with Gasteiger partial charge in [0.15, 0.2) is 5.75 Å². The quantitative estimate of drug-likeness (QED) is 0.812. The molecule has 0 saturated carbocycles. The lowest BCUT2D eigenvalue weighted by Crippen LogP contribution is -2.02. The van der Waals surface area contributed by atoms with E-state index in [1.54, 1.807) is 6.07 Å². The molecule has 1 aromatic heterocycles. The summed E-state index contributed by atoms with van der Waals surface area (Å²) < 4.78 is 28.0. The number of hydrogen-bond donors (Lipinski definition) is 0. The Kier molecular flexibility index (Phi) is 3.00. The number of nitrogens with zero attached hydrogens (tertiary/aromatic N) is 1.